The number of ether oxygens (including phenoxy) is 1. The van der Waals surface area contributed by atoms with Gasteiger partial charge < -0.3 is 9.84 Å². The number of benzene rings is 1. The van der Waals surface area contributed by atoms with E-state index in [0.29, 0.717) is 4.47 Å². The monoisotopic (exact) mass is 392 g/mol. The van der Waals surface area contributed by atoms with Crippen LogP contribution in [-0.4, -0.2) is 38.8 Å². The Hall–Kier alpha value is -0.960. The first-order valence-electron chi connectivity index (χ1n) is 6.77. The smallest absolute Gasteiger partial charge is 0.308 e. The number of esters is 1. The zero-order valence-electron chi connectivity index (χ0n) is 11.9. The number of halogens is 1. The van der Waals surface area contributed by atoms with Crippen molar-refractivity contribution < 1.29 is 27.2 Å². The number of methoxy groups -OCH3 is 1. The molecule has 1 N–H and O–H groups in total. The van der Waals surface area contributed by atoms with Crippen LogP contribution in [0.15, 0.2) is 33.6 Å². The zero-order valence-corrected chi connectivity index (χ0v) is 14.3. The minimum atomic E-state index is -3.98. The van der Waals surface area contributed by atoms with Gasteiger partial charge in [0.05, 0.1) is 25.2 Å². The number of hydrogen-bond donors (Lipinski definition) is 1. The Labute approximate surface area is 137 Å². The van der Waals surface area contributed by atoms with Crippen LogP contribution in [0.5, 0.6) is 0 Å². The molecule has 0 spiro atoms. The Morgan fingerprint density at radius 2 is 1.95 bits per heavy atom. The number of carbonyl (C=O) groups excluding carboxylic acids is 1. The second-order valence-corrected chi connectivity index (χ2v) is 7.58. The van der Waals surface area contributed by atoms with Gasteiger partial charge in [-0.2, -0.15) is 8.42 Å². The molecule has 0 saturated heterocycles. The second-order valence-electron chi connectivity index (χ2n) is 5.18. The number of hydrogen-bond acceptors (Lipinski definition) is 6. The molecule has 1 aromatic carbocycles. The van der Waals surface area contributed by atoms with E-state index in [1.807, 2.05) is 0 Å². The van der Waals surface area contributed by atoms with E-state index >= 15 is 0 Å². The van der Waals surface area contributed by atoms with Gasteiger partial charge in [0.1, 0.15) is 4.90 Å². The summed E-state index contributed by atoms with van der Waals surface area (Å²) in [7, 11) is -2.72. The molecular weight excluding hydrogens is 376 g/mol. The summed E-state index contributed by atoms with van der Waals surface area (Å²) in [5.74, 6) is -1.03. The molecule has 0 amide bonds. The molecular formula is C14H17BrO6S. The maximum atomic E-state index is 12.3. The third-order valence-corrected chi connectivity index (χ3v) is 5.92. The molecule has 8 heteroatoms. The average molecular weight is 393 g/mol. The Kier molecular flexibility index (Phi) is 5.60. The van der Waals surface area contributed by atoms with Crippen molar-refractivity contribution in [2.75, 3.05) is 7.11 Å². The fourth-order valence-electron chi connectivity index (χ4n) is 2.55. The molecule has 122 valence electrons. The molecule has 0 radical (unpaired) electrons. The Balaban J connectivity index is 2.15. The first-order chi connectivity index (χ1) is 10.3. The van der Waals surface area contributed by atoms with Crippen LogP contribution in [0.4, 0.5) is 0 Å². The third kappa shape index (κ3) is 4.07. The molecule has 3 atom stereocenters. The van der Waals surface area contributed by atoms with E-state index in [-0.39, 0.29) is 24.2 Å². The fraction of sp³-hybridized carbons (Fsp3) is 0.500. The number of aliphatic hydroxyl groups is 1. The van der Waals surface area contributed by atoms with Crippen molar-refractivity contribution in [3.8, 4) is 0 Å². The van der Waals surface area contributed by atoms with Crippen LogP contribution in [0.3, 0.4) is 0 Å². The molecule has 2 rings (SSSR count). The van der Waals surface area contributed by atoms with Crippen molar-refractivity contribution in [3.05, 3.63) is 28.7 Å². The van der Waals surface area contributed by atoms with Gasteiger partial charge in [0, 0.05) is 10.9 Å². The molecule has 1 saturated carbocycles. The lowest BCUT2D eigenvalue weighted by Gasteiger charge is -2.30. The van der Waals surface area contributed by atoms with Gasteiger partial charge in [-0.25, -0.2) is 0 Å². The first kappa shape index (κ1) is 17.4. The summed E-state index contributed by atoms with van der Waals surface area (Å²) in [6.07, 6.45) is -0.936. The Bertz CT molecular complexity index is 644. The van der Waals surface area contributed by atoms with Crippen LogP contribution in [0.25, 0.3) is 0 Å². The van der Waals surface area contributed by atoms with E-state index in [2.05, 4.69) is 20.7 Å². The van der Waals surface area contributed by atoms with Crippen LogP contribution in [-0.2, 0) is 23.8 Å². The molecule has 0 aliphatic heterocycles. The molecule has 1 aromatic rings. The van der Waals surface area contributed by atoms with E-state index in [1.165, 1.54) is 13.2 Å². The summed E-state index contributed by atoms with van der Waals surface area (Å²) in [5, 5.41) is 9.82. The van der Waals surface area contributed by atoms with Crippen LogP contribution < -0.4 is 0 Å². The second kappa shape index (κ2) is 7.08. The maximum Gasteiger partial charge on any atom is 0.308 e. The van der Waals surface area contributed by atoms with E-state index in [4.69, 9.17) is 4.18 Å². The first-order valence-corrected chi connectivity index (χ1v) is 8.97. The van der Waals surface area contributed by atoms with Gasteiger partial charge in [-0.15, -0.1) is 0 Å². The molecule has 22 heavy (non-hydrogen) atoms. The summed E-state index contributed by atoms with van der Waals surface area (Å²) in [6, 6.07) is 6.31. The number of carbonyl (C=O) groups is 1. The Morgan fingerprint density at radius 3 is 2.59 bits per heavy atom. The quantitative estimate of drug-likeness (QED) is 0.621. The van der Waals surface area contributed by atoms with Gasteiger partial charge >= 0.3 is 5.97 Å². The zero-order chi connectivity index (χ0) is 16.3. The largest absolute Gasteiger partial charge is 0.469 e. The summed E-state index contributed by atoms with van der Waals surface area (Å²) in [4.78, 5) is 11.6. The normalized spacial score (nSPS) is 25.7. The van der Waals surface area contributed by atoms with Crippen molar-refractivity contribution in [1.82, 2.24) is 0 Å². The van der Waals surface area contributed by atoms with Crippen molar-refractivity contribution >= 4 is 32.0 Å². The van der Waals surface area contributed by atoms with Crippen molar-refractivity contribution in [2.24, 2.45) is 5.92 Å². The molecule has 0 unspecified atom stereocenters. The molecule has 0 heterocycles. The summed E-state index contributed by atoms with van der Waals surface area (Å²) in [5.41, 5.74) is 0. The summed E-state index contributed by atoms with van der Waals surface area (Å²) < 4.78 is 34.9. The number of rotatable bonds is 4. The van der Waals surface area contributed by atoms with Gasteiger partial charge in [0.2, 0.25) is 0 Å². The van der Waals surface area contributed by atoms with Crippen molar-refractivity contribution in [3.63, 3.8) is 0 Å². The third-order valence-electron chi connectivity index (χ3n) is 3.54. The lowest BCUT2D eigenvalue weighted by atomic mass is 9.85. The SMILES string of the molecule is COC(=O)[C@@H]1C[C@H](O)C[C@H](OS(=O)(=O)c2ccccc2Br)C1. The predicted octanol–water partition coefficient (Wildman–Crippen LogP) is 1.86. The highest BCUT2D eigenvalue weighted by Crippen LogP contribution is 2.31. The van der Waals surface area contributed by atoms with Crippen molar-refractivity contribution in [2.45, 2.75) is 36.4 Å². The molecule has 1 fully saturated rings. The highest BCUT2D eigenvalue weighted by Gasteiger charge is 2.36. The highest BCUT2D eigenvalue weighted by molar-refractivity contribution is 9.10. The molecule has 6 nitrogen and oxygen atoms in total. The molecule has 1 aliphatic rings. The van der Waals surface area contributed by atoms with E-state index in [1.54, 1.807) is 18.2 Å². The molecule has 1 aliphatic carbocycles. The fourth-order valence-corrected chi connectivity index (χ4v) is 4.60. The minimum absolute atomic E-state index is 0.0182. The van der Waals surface area contributed by atoms with Crippen LogP contribution >= 0.6 is 15.9 Å². The van der Waals surface area contributed by atoms with Crippen LogP contribution in [0.2, 0.25) is 0 Å². The highest BCUT2D eigenvalue weighted by atomic mass is 79.9. The van der Waals surface area contributed by atoms with E-state index < -0.39 is 34.2 Å². The standard InChI is InChI=1S/C14H17BrO6S/c1-20-14(17)9-6-10(16)8-11(7-9)21-22(18,19)13-5-3-2-4-12(13)15/h2-5,9-11,16H,6-8H2,1H3/t9-,10+,11-/m1/s1. The average Bonchev–Trinajstić information content (AvgIpc) is 2.45. The van der Waals surface area contributed by atoms with E-state index in [0.717, 1.165) is 0 Å². The van der Waals surface area contributed by atoms with Gasteiger partial charge in [-0.3, -0.25) is 8.98 Å². The lowest BCUT2D eigenvalue weighted by molar-refractivity contribution is -0.149. The van der Waals surface area contributed by atoms with Crippen molar-refractivity contribution in [1.29, 1.82) is 0 Å². The lowest BCUT2D eigenvalue weighted by Crippen LogP contribution is -2.36. The number of aliphatic hydroxyl groups excluding tert-OH is 1. The van der Waals surface area contributed by atoms with Crippen LogP contribution in [0, 0.1) is 5.92 Å². The predicted molar refractivity (Wildman–Crippen MR) is 81.6 cm³/mol. The topological polar surface area (TPSA) is 89.9 Å². The minimum Gasteiger partial charge on any atom is -0.469 e. The van der Waals surface area contributed by atoms with E-state index in [9.17, 15) is 18.3 Å². The van der Waals surface area contributed by atoms with Gasteiger partial charge in [0.15, 0.2) is 0 Å². The van der Waals surface area contributed by atoms with Gasteiger partial charge in [-0.05, 0) is 40.9 Å². The summed E-state index contributed by atoms with van der Waals surface area (Å²) >= 11 is 3.17. The van der Waals surface area contributed by atoms with Gasteiger partial charge in [-0.1, -0.05) is 12.1 Å². The summed E-state index contributed by atoms with van der Waals surface area (Å²) in [6.45, 7) is 0. The van der Waals surface area contributed by atoms with Gasteiger partial charge in [0.25, 0.3) is 10.1 Å². The maximum absolute atomic E-state index is 12.3. The molecule has 0 bridgehead atoms. The Morgan fingerprint density at radius 1 is 1.27 bits per heavy atom. The van der Waals surface area contributed by atoms with Crippen LogP contribution in [0.1, 0.15) is 19.3 Å². The molecule has 0 aromatic heterocycles.